The van der Waals surface area contributed by atoms with Crippen molar-refractivity contribution in [3.8, 4) is 0 Å². The molecule has 0 saturated heterocycles. The molecule has 0 aliphatic rings. The molecule has 0 spiro atoms. The number of rotatable bonds is 4. The molecule has 2 aromatic rings. The highest BCUT2D eigenvalue weighted by atomic mass is 32.1. The Labute approximate surface area is 106 Å². The standard InChI is InChI=1S/C14H17NOS/c1-3-4-10-13-11(2)16-14(17-13)15-12-8-6-5-7-9-12/h5-9H,3-4,10H2,1-2H3. The zero-order valence-electron chi connectivity index (χ0n) is 10.3. The number of unbranched alkanes of at least 4 members (excludes halogenated alkanes) is 1. The maximum atomic E-state index is 5.67. The van der Waals surface area contributed by atoms with E-state index in [0.717, 1.165) is 22.7 Å². The Bertz CT molecular complexity index is 525. The van der Waals surface area contributed by atoms with Gasteiger partial charge in [-0.2, -0.15) is 0 Å². The Morgan fingerprint density at radius 1 is 1.24 bits per heavy atom. The predicted molar refractivity (Wildman–Crippen MR) is 71.6 cm³/mol. The number of hydrogen-bond donors (Lipinski definition) is 0. The highest BCUT2D eigenvalue weighted by Crippen LogP contribution is 2.16. The lowest BCUT2D eigenvalue weighted by molar-refractivity contribution is 0.489. The van der Waals surface area contributed by atoms with Crippen LogP contribution in [0.1, 0.15) is 30.4 Å². The van der Waals surface area contributed by atoms with Gasteiger partial charge < -0.3 is 4.42 Å². The van der Waals surface area contributed by atoms with Crippen LogP contribution in [0.3, 0.4) is 0 Å². The normalized spacial score (nSPS) is 12.0. The van der Waals surface area contributed by atoms with Gasteiger partial charge in [0.2, 0.25) is 0 Å². The fourth-order valence-electron chi connectivity index (χ4n) is 1.60. The van der Waals surface area contributed by atoms with Gasteiger partial charge in [0.15, 0.2) is 0 Å². The molecule has 0 saturated carbocycles. The first-order chi connectivity index (χ1) is 8.29. The molecule has 2 nitrogen and oxygen atoms in total. The molecule has 2 rings (SSSR count). The lowest BCUT2D eigenvalue weighted by atomic mass is 10.2. The SMILES string of the molecule is CCCCc1sc(=Nc2ccccc2)oc1C. The number of aryl methyl sites for hydroxylation is 2. The lowest BCUT2D eigenvalue weighted by Gasteiger charge is -1.92. The smallest absolute Gasteiger partial charge is 0.279 e. The van der Waals surface area contributed by atoms with Crippen LogP contribution >= 0.6 is 11.3 Å². The Balaban J connectivity index is 2.25. The van der Waals surface area contributed by atoms with Gasteiger partial charge >= 0.3 is 0 Å². The van der Waals surface area contributed by atoms with Crippen molar-refractivity contribution in [1.82, 2.24) is 0 Å². The zero-order valence-corrected chi connectivity index (χ0v) is 11.1. The van der Waals surface area contributed by atoms with Gasteiger partial charge in [-0.3, -0.25) is 0 Å². The summed E-state index contributed by atoms with van der Waals surface area (Å²) in [4.78, 5) is 6.55. The minimum Gasteiger partial charge on any atom is -0.435 e. The van der Waals surface area contributed by atoms with E-state index in [1.165, 1.54) is 17.7 Å². The van der Waals surface area contributed by atoms with E-state index < -0.39 is 0 Å². The van der Waals surface area contributed by atoms with Gasteiger partial charge in [-0.15, -0.1) is 0 Å². The van der Waals surface area contributed by atoms with Crippen LogP contribution in [0.4, 0.5) is 5.69 Å². The Hall–Kier alpha value is -1.35. The molecule has 17 heavy (non-hydrogen) atoms. The molecule has 0 amide bonds. The maximum absolute atomic E-state index is 5.67. The van der Waals surface area contributed by atoms with Crippen molar-refractivity contribution in [3.63, 3.8) is 0 Å². The third kappa shape index (κ3) is 3.30. The molecule has 1 aromatic heterocycles. The predicted octanol–water partition coefficient (Wildman–Crippen LogP) is 4.22. The molecule has 1 heterocycles. The zero-order chi connectivity index (χ0) is 12.1. The van der Waals surface area contributed by atoms with Gasteiger partial charge in [0.25, 0.3) is 4.87 Å². The molecule has 0 unspecified atom stereocenters. The molecule has 0 radical (unpaired) electrons. The van der Waals surface area contributed by atoms with Gasteiger partial charge in [0.1, 0.15) is 5.76 Å². The molecule has 0 bridgehead atoms. The van der Waals surface area contributed by atoms with Crippen molar-refractivity contribution in [2.45, 2.75) is 33.1 Å². The lowest BCUT2D eigenvalue weighted by Crippen LogP contribution is -1.87. The molecule has 0 aliphatic carbocycles. The molecule has 3 heteroatoms. The summed E-state index contributed by atoms with van der Waals surface area (Å²) in [5.41, 5.74) is 0.944. The van der Waals surface area contributed by atoms with Crippen molar-refractivity contribution in [2.24, 2.45) is 4.99 Å². The van der Waals surface area contributed by atoms with E-state index in [1.807, 2.05) is 37.3 Å². The molecule has 1 aromatic carbocycles. The first kappa shape index (κ1) is 12.1. The molecule has 0 fully saturated rings. The third-order valence-corrected chi connectivity index (χ3v) is 3.66. The summed E-state index contributed by atoms with van der Waals surface area (Å²) in [6.07, 6.45) is 3.52. The van der Waals surface area contributed by atoms with Gasteiger partial charge in [0, 0.05) is 4.88 Å². The number of para-hydroxylation sites is 1. The van der Waals surface area contributed by atoms with Crippen LogP contribution in [-0.4, -0.2) is 0 Å². The third-order valence-electron chi connectivity index (χ3n) is 2.58. The van der Waals surface area contributed by atoms with E-state index in [9.17, 15) is 0 Å². The molecule has 90 valence electrons. The summed E-state index contributed by atoms with van der Waals surface area (Å²) in [5, 5.41) is 0. The van der Waals surface area contributed by atoms with Crippen LogP contribution in [0.25, 0.3) is 0 Å². The van der Waals surface area contributed by atoms with Gasteiger partial charge in [-0.05, 0) is 31.9 Å². The fraction of sp³-hybridized carbons (Fsp3) is 0.357. The van der Waals surface area contributed by atoms with E-state index in [0.29, 0.717) is 0 Å². The highest BCUT2D eigenvalue weighted by Gasteiger charge is 2.04. The van der Waals surface area contributed by atoms with Crippen LogP contribution in [0, 0.1) is 6.92 Å². The molecule has 0 N–H and O–H groups in total. The van der Waals surface area contributed by atoms with Crippen LogP contribution in [-0.2, 0) is 6.42 Å². The fourth-order valence-corrected chi connectivity index (χ4v) is 2.56. The van der Waals surface area contributed by atoms with Crippen molar-refractivity contribution in [2.75, 3.05) is 0 Å². The summed E-state index contributed by atoms with van der Waals surface area (Å²) in [6, 6.07) is 9.92. The van der Waals surface area contributed by atoms with Crippen molar-refractivity contribution < 1.29 is 4.42 Å². The summed E-state index contributed by atoms with van der Waals surface area (Å²) in [5.74, 6) is 1.01. The van der Waals surface area contributed by atoms with Crippen LogP contribution < -0.4 is 4.87 Å². The molecular formula is C14H17NOS. The summed E-state index contributed by atoms with van der Waals surface area (Å²) >= 11 is 1.66. The number of hydrogen-bond acceptors (Lipinski definition) is 3. The Morgan fingerprint density at radius 3 is 2.71 bits per heavy atom. The average Bonchev–Trinajstić information content (AvgIpc) is 2.68. The van der Waals surface area contributed by atoms with Crippen molar-refractivity contribution in [3.05, 3.63) is 45.8 Å². The second-order valence-corrected chi connectivity index (χ2v) is 5.05. The average molecular weight is 247 g/mol. The summed E-state index contributed by atoms with van der Waals surface area (Å²) < 4.78 is 5.67. The van der Waals surface area contributed by atoms with E-state index in [1.54, 1.807) is 11.3 Å². The van der Waals surface area contributed by atoms with Crippen LogP contribution in [0.2, 0.25) is 0 Å². The van der Waals surface area contributed by atoms with Gasteiger partial charge in [-0.25, -0.2) is 4.99 Å². The van der Waals surface area contributed by atoms with Crippen molar-refractivity contribution in [1.29, 1.82) is 0 Å². The number of benzene rings is 1. The second kappa shape index (κ2) is 5.82. The summed E-state index contributed by atoms with van der Waals surface area (Å²) in [7, 11) is 0. The van der Waals surface area contributed by atoms with Crippen molar-refractivity contribution >= 4 is 17.0 Å². The minimum atomic E-state index is 0.750. The Morgan fingerprint density at radius 2 is 2.00 bits per heavy atom. The molecule has 0 atom stereocenters. The first-order valence-corrected chi connectivity index (χ1v) is 6.80. The van der Waals surface area contributed by atoms with E-state index >= 15 is 0 Å². The van der Waals surface area contributed by atoms with Crippen LogP contribution in [0.5, 0.6) is 0 Å². The quantitative estimate of drug-likeness (QED) is 0.794. The minimum absolute atomic E-state index is 0.750. The van der Waals surface area contributed by atoms with Gasteiger partial charge in [-0.1, -0.05) is 42.9 Å². The monoisotopic (exact) mass is 247 g/mol. The first-order valence-electron chi connectivity index (χ1n) is 5.99. The van der Waals surface area contributed by atoms with E-state index in [-0.39, 0.29) is 0 Å². The van der Waals surface area contributed by atoms with E-state index in [4.69, 9.17) is 4.42 Å². The number of nitrogens with zero attached hydrogens (tertiary/aromatic N) is 1. The van der Waals surface area contributed by atoms with Crippen LogP contribution in [0.15, 0.2) is 39.7 Å². The second-order valence-electron chi connectivity index (χ2n) is 4.00. The maximum Gasteiger partial charge on any atom is 0.279 e. The van der Waals surface area contributed by atoms with E-state index in [2.05, 4.69) is 11.9 Å². The molecule has 0 aliphatic heterocycles. The topological polar surface area (TPSA) is 25.5 Å². The highest BCUT2D eigenvalue weighted by molar-refractivity contribution is 7.09. The Kier molecular flexibility index (Phi) is 4.15. The largest absolute Gasteiger partial charge is 0.435 e. The summed E-state index contributed by atoms with van der Waals surface area (Å²) in [6.45, 7) is 4.22. The molecular weight excluding hydrogens is 230 g/mol. The van der Waals surface area contributed by atoms with Gasteiger partial charge in [0.05, 0.1) is 5.69 Å².